The van der Waals surface area contributed by atoms with Crippen molar-refractivity contribution < 1.29 is 4.39 Å². The predicted octanol–water partition coefficient (Wildman–Crippen LogP) is 5.51. The number of aryl methyl sites for hydroxylation is 1. The van der Waals surface area contributed by atoms with Crippen molar-refractivity contribution in [3.8, 4) is 0 Å². The highest BCUT2D eigenvalue weighted by Crippen LogP contribution is 2.33. The Morgan fingerprint density at radius 2 is 1.90 bits per heavy atom. The largest absolute Gasteiger partial charge is 0.325 e. The molecular formula is C16H19Cl2FN2. The maximum Gasteiger partial charge on any atom is 0.144 e. The molecule has 0 atom stereocenters. The summed E-state index contributed by atoms with van der Waals surface area (Å²) in [6, 6.07) is 3.57. The third-order valence-electron chi connectivity index (χ3n) is 4.31. The molecule has 1 aromatic carbocycles. The lowest BCUT2D eigenvalue weighted by Crippen LogP contribution is -2.12. The molecule has 1 fully saturated rings. The van der Waals surface area contributed by atoms with Crippen LogP contribution in [0.25, 0.3) is 11.0 Å². The summed E-state index contributed by atoms with van der Waals surface area (Å²) in [5.74, 6) is 1.06. The Balaban J connectivity index is 2.12. The normalized spacial score (nSPS) is 17.3. The van der Waals surface area contributed by atoms with Crippen LogP contribution in [0.1, 0.15) is 50.4 Å². The molecule has 1 saturated carbocycles. The van der Waals surface area contributed by atoms with Crippen LogP contribution in [-0.2, 0) is 6.42 Å². The van der Waals surface area contributed by atoms with Gasteiger partial charge in [-0.25, -0.2) is 9.37 Å². The molecule has 21 heavy (non-hydrogen) atoms. The van der Waals surface area contributed by atoms with Crippen LogP contribution >= 0.6 is 23.2 Å². The average molecular weight is 329 g/mol. The van der Waals surface area contributed by atoms with Crippen molar-refractivity contribution in [2.45, 2.75) is 51.0 Å². The number of fused-ring (bicyclic) bond motifs is 1. The summed E-state index contributed by atoms with van der Waals surface area (Å²) in [5.41, 5.74) is 1.62. The molecule has 3 rings (SSSR count). The average Bonchev–Trinajstić information content (AvgIpc) is 2.66. The Morgan fingerprint density at radius 3 is 2.57 bits per heavy atom. The van der Waals surface area contributed by atoms with Gasteiger partial charge in [-0.3, -0.25) is 0 Å². The number of aromatic nitrogens is 2. The van der Waals surface area contributed by atoms with Crippen molar-refractivity contribution >= 4 is 34.2 Å². The standard InChI is InChI=1S/C16H19Cl2FN2/c17-8-7-16-20-14-10-13(19)12(18)9-15(14)21(16)11-5-3-1-2-4-6-11/h9-11H,1-8H2. The summed E-state index contributed by atoms with van der Waals surface area (Å²) < 4.78 is 15.9. The zero-order chi connectivity index (χ0) is 14.8. The molecule has 1 heterocycles. The van der Waals surface area contributed by atoms with Gasteiger partial charge in [-0.05, 0) is 18.9 Å². The van der Waals surface area contributed by atoms with Crippen LogP contribution in [0, 0.1) is 5.82 Å². The van der Waals surface area contributed by atoms with Gasteiger partial charge in [0.1, 0.15) is 11.6 Å². The Morgan fingerprint density at radius 1 is 1.19 bits per heavy atom. The summed E-state index contributed by atoms with van der Waals surface area (Å²) in [6.45, 7) is 0. The molecule has 0 spiro atoms. The first-order chi connectivity index (χ1) is 10.2. The van der Waals surface area contributed by atoms with E-state index in [1.54, 1.807) is 6.07 Å². The number of hydrogen-bond donors (Lipinski definition) is 0. The minimum absolute atomic E-state index is 0.162. The summed E-state index contributed by atoms with van der Waals surface area (Å²) in [5, 5.41) is 0.162. The number of halogens is 3. The maximum atomic E-state index is 13.7. The van der Waals surface area contributed by atoms with E-state index in [1.165, 1.54) is 31.7 Å². The van der Waals surface area contributed by atoms with Gasteiger partial charge in [-0.15, -0.1) is 11.6 Å². The van der Waals surface area contributed by atoms with E-state index in [2.05, 4.69) is 9.55 Å². The number of alkyl halides is 1. The van der Waals surface area contributed by atoms with E-state index in [9.17, 15) is 4.39 Å². The number of imidazole rings is 1. The topological polar surface area (TPSA) is 17.8 Å². The maximum absolute atomic E-state index is 13.7. The first kappa shape index (κ1) is 15.1. The summed E-state index contributed by atoms with van der Waals surface area (Å²) in [6.07, 6.45) is 8.06. The first-order valence-corrected chi connectivity index (χ1v) is 8.54. The fraction of sp³-hybridized carbons (Fsp3) is 0.562. The van der Waals surface area contributed by atoms with Gasteiger partial charge < -0.3 is 4.57 Å². The summed E-state index contributed by atoms with van der Waals surface area (Å²) in [4.78, 5) is 4.59. The number of hydrogen-bond acceptors (Lipinski definition) is 1. The molecule has 114 valence electrons. The van der Waals surface area contributed by atoms with Gasteiger partial charge in [0.15, 0.2) is 0 Å². The van der Waals surface area contributed by atoms with Crippen molar-refractivity contribution in [2.75, 3.05) is 5.88 Å². The monoisotopic (exact) mass is 328 g/mol. The van der Waals surface area contributed by atoms with Crippen LogP contribution in [0.3, 0.4) is 0 Å². The second-order valence-electron chi connectivity index (χ2n) is 5.74. The molecule has 1 aliphatic rings. The Labute approximate surface area is 134 Å². The van der Waals surface area contributed by atoms with Gasteiger partial charge in [0.25, 0.3) is 0 Å². The zero-order valence-electron chi connectivity index (χ0n) is 11.9. The molecule has 0 bridgehead atoms. The van der Waals surface area contributed by atoms with Crippen molar-refractivity contribution in [3.05, 3.63) is 28.8 Å². The van der Waals surface area contributed by atoms with E-state index in [0.717, 1.165) is 24.2 Å². The van der Waals surface area contributed by atoms with Crippen LogP contribution in [0.4, 0.5) is 4.39 Å². The van der Waals surface area contributed by atoms with E-state index in [1.807, 2.05) is 0 Å². The second-order valence-corrected chi connectivity index (χ2v) is 6.52. The number of nitrogens with zero attached hydrogens (tertiary/aromatic N) is 2. The first-order valence-electron chi connectivity index (χ1n) is 7.62. The van der Waals surface area contributed by atoms with Crippen molar-refractivity contribution in [1.29, 1.82) is 0 Å². The van der Waals surface area contributed by atoms with Gasteiger partial charge in [-0.2, -0.15) is 0 Å². The van der Waals surface area contributed by atoms with E-state index in [4.69, 9.17) is 23.2 Å². The highest BCUT2D eigenvalue weighted by molar-refractivity contribution is 6.31. The molecule has 0 radical (unpaired) electrons. The third kappa shape index (κ3) is 3.04. The fourth-order valence-corrected chi connectivity index (χ4v) is 3.65. The van der Waals surface area contributed by atoms with Gasteiger partial charge in [0.2, 0.25) is 0 Å². The minimum atomic E-state index is -0.410. The van der Waals surface area contributed by atoms with Crippen LogP contribution in [0.15, 0.2) is 12.1 Å². The third-order valence-corrected chi connectivity index (χ3v) is 4.79. The van der Waals surface area contributed by atoms with Gasteiger partial charge in [0, 0.05) is 24.4 Å². The molecule has 2 nitrogen and oxygen atoms in total. The highest BCUT2D eigenvalue weighted by Gasteiger charge is 2.21. The lowest BCUT2D eigenvalue weighted by Gasteiger charge is -2.20. The van der Waals surface area contributed by atoms with Crippen LogP contribution in [0.5, 0.6) is 0 Å². The predicted molar refractivity (Wildman–Crippen MR) is 85.9 cm³/mol. The fourth-order valence-electron chi connectivity index (χ4n) is 3.32. The molecule has 5 heteroatoms. The van der Waals surface area contributed by atoms with E-state index in [-0.39, 0.29) is 5.02 Å². The molecule has 0 saturated heterocycles. The molecule has 0 amide bonds. The molecule has 0 aliphatic heterocycles. The van der Waals surface area contributed by atoms with Crippen molar-refractivity contribution in [3.63, 3.8) is 0 Å². The lowest BCUT2D eigenvalue weighted by molar-refractivity contribution is 0.441. The van der Waals surface area contributed by atoms with Gasteiger partial charge in [0.05, 0.1) is 16.1 Å². The van der Waals surface area contributed by atoms with E-state index >= 15 is 0 Å². The van der Waals surface area contributed by atoms with Crippen LogP contribution in [0.2, 0.25) is 5.02 Å². The van der Waals surface area contributed by atoms with Crippen molar-refractivity contribution in [2.24, 2.45) is 0 Å². The molecule has 0 N–H and O–H groups in total. The molecule has 1 aromatic heterocycles. The van der Waals surface area contributed by atoms with Crippen LogP contribution in [-0.4, -0.2) is 15.4 Å². The zero-order valence-corrected chi connectivity index (χ0v) is 13.4. The van der Waals surface area contributed by atoms with Gasteiger partial charge >= 0.3 is 0 Å². The van der Waals surface area contributed by atoms with Crippen LogP contribution < -0.4 is 0 Å². The number of rotatable bonds is 3. The molecule has 0 unspecified atom stereocenters. The Bertz CT molecular complexity index is 631. The quantitative estimate of drug-likeness (QED) is 0.537. The van der Waals surface area contributed by atoms with Crippen molar-refractivity contribution in [1.82, 2.24) is 9.55 Å². The minimum Gasteiger partial charge on any atom is -0.325 e. The summed E-state index contributed by atoms with van der Waals surface area (Å²) >= 11 is 11.9. The smallest absolute Gasteiger partial charge is 0.144 e. The lowest BCUT2D eigenvalue weighted by atomic mass is 10.1. The Kier molecular flexibility index (Phi) is 4.70. The van der Waals surface area contributed by atoms with E-state index in [0.29, 0.717) is 23.9 Å². The second kappa shape index (κ2) is 6.53. The SMILES string of the molecule is Fc1cc2nc(CCCl)n(C3CCCCCC3)c2cc1Cl. The van der Waals surface area contributed by atoms with E-state index < -0.39 is 5.82 Å². The highest BCUT2D eigenvalue weighted by atomic mass is 35.5. The molecule has 2 aromatic rings. The Hall–Kier alpha value is -0.800. The molecule has 1 aliphatic carbocycles. The number of benzene rings is 1. The summed E-state index contributed by atoms with van der Waals surface area (Å²) in [7, 11) is 0. The molecular weight excluding hydrogens is 310 g/mol. The van der Waals surface area contributed by atoms with Gasteiger partial charge in [-0.1, -0.05) is 37.3 Å².